The zero-order valence-corrected chi connectivity index (χ0v) is 20.6. The topological polar surface area (TPSA) is 121 Å². The minimum Gasteiger partial charge on any atom is -0.356 e. The zero-order valence-electron chi connectivity index (χ0n) is 19.8. The van der Waals surface area contributed by atoms with Crippen LogP contribution in [0, 0.1) is 29.9 Å². The molecule has 0 aliphatic carbocycles. The number of rotatable bonds is 3. The van der Waals surface area contributed by atoms with Crippen LogP contribution in [0.25, 0.3) is 44.3 Å². The van der Waals surface area contributed by atoms with E-state index >= 15 is 4.39 Å². The van der Waals surface area contributed by atoms with E-state index in [1.807, 2.05) is 6.07 Å². The number of nitrogens with zero attached hydrogens (tertiary/aromatic N) is 5. The predicted molar refractivity (Wildman–Crippen MR) is 138 cm³/mol. The number of pyridine rings is 1. The summed E-state index contributed by atoms with van der Waals surface area (Å²) in [5.41, 5.74) is 9.11. The number of fused-ring (bicyclic) bond motifs is 2. The number of H-pyrrole nitrogens is 1. The lowest BCUT2D eigenvalue weighted by Crippen LogP contribution is -2.40. The van der Waals surface area contributed by atoms with Crippen molar-refractivity contribution in [1.29, 1.82) is 5.26 Å². The Morgan fingerprint density at radius 3 is 2.65 bits per heavy atom. The molecule has 11 heteroatoms. The fourth-order valence-corrected chi connectivity index (χ4v) is 4.84. The Morgan fingerprint density at radius 1 is 1.14 bits per heavy atom. The molecule has 0 unspecified atom stereocenters. The number of benzene rings is 2. The summed E-state index contributed by atoms with van der Waals surface area (Å²) in [4.78, 5) is 7.05. The Balaban J connectivity index is 0.00000280. The van der Waals surface area contributed by atoms with Gasteiger partial charge >= 0.3 is 0 Å². The lowest BCUT2D eigenvalue weighted by atomic mass is 9.94. The van der Waals surface area contributed by atoms with Gasteiger partial charge in [0.25, 0.3) is 0 Å². The van der Waals surface area contributed by atoms with Gasteiger partial charge in [0.1, 0.15) is 23.2 Å². The number of piperidine rings is 1. The van der Waals surface area contributed by atoms with Gasteiger partial charge in [0.15, 0.2) is 11.4 Å². The van der Waals surface area contributed by atoms with Gasteiger partial charge < -0.3 is 15.2 Å². The molecule has 3 N–H and O–H groups in total. The van der Waals surface area contributed by atoms with Gasteiger partial charge in [-0.25, -0.2) is 13.8 Å². The number of anilines is 1. The van der Waals surface area contributed by atoms with Crippen LogP contribution in [-0.4, -0.2) is 39.5 Å². The molecule has 2 aromatic carbocycles. The standard InChI is InChI=1S/C26H21F2N7O.ClH/c1-13-17-9-21(28)18(10-22(17)36-34-13)23-19-12-31-33-25(19)26(35-6-4-16(30)5-7-35)32-24(23)14-2-3-15(11-29)20(27)8-14;/h2-3,8-10,12,16H,4-7,30H2,1H3,(H,31,33);1H. The predicted octanol–water partition coefficient (Wildman–Crippen LogP) is 5.24. The number of nitriles is 1. The van der Waals surface area contributed by atoms with Crippen molar-refractivity contribution in [3.05, 3.63) is 59.4 Å². The summed E-state index contributed by atoms with van der Waals surface area (Å²) in [5, 5.41) is 21.6. The van der Waals surface area contributed by atoms with Gasteiger partial charge in [-0.05, 0) is 44.0 Å². The van der Waals surface area contributed by atoms with E-state index in [0.717, 1.165) is 12.8 Å². The lowest BCUT2D eigenvalue weighted by Gasteiger charge is -2.32. The average molecular weight is 522 g/mol. The monoisotopic (exact) mass is 521 g/mol. The molecule has 1 saturated heterocycles. The first-order chi connectivity index (χ1) is 17.4. The molecule has 0 radical (unpaired) electrons. The molecular formula is C26H22ClF2N7O. The number of aryl methyl sites for hydroxylation is 1. The van der Waals surface area contributed by atoms with Crippen molar-refractivity contribution in [2.45, 2.75) is 25.8 Å². The van der Waals surface area contributed by atoms with E-state index in [2.05, 4.69) is 20.3 Å². The Morgan fingerprint density at radius 2 is 1.92 bits per heavy atom. The summed E-state index contributed by atoms with van der Waals surface area (Å²) in [6.07, 6.45) is 3.22. The second kappa shape index (κ2) is 9.42. The van der Waals surface area contributed by atoms with Gasteiger partial charge in [-0.2, -0.15) is 10.4 Å². The molecule has 1 aliphatic rings. The number of aromatic nitrogens is 4. The Hall–Kier alpha value is -4.07. The number of halogens is 3. The fraction of sp³-hybridized carbons (Fsp3) is 0.231. The molecule has 1 fully saturated rings. The van der Waals surface area contributed by atoms with E-state index in [1.54, 1.807) is 25.3 Å². The molecule has 0 bridgehead atoms. The quantitative estimate of drug-likeness (QED) is 0.333. The Bertz CT molecular complexity index is 1680. The first kappa shape index (κ1) is 24.6. The summed E-state index contributed by atoms with van der Waals surface area (Å²) >= 11 is 0. The van der Waals surface area contributed by atoms with E-state index in [1.165, 1.54) is 18.2 Å². The molecule has 188 valence electrons. The molecule has 5 aromatic rings. The average Bonchev–Trinajstić information content (AvgIpc) is 3.50. The van der Waals surface area contributed by atoms with Crippen LogP contribution < -0.4 is 10.6 Å². The van der Waals surface area contributed by atoms with Crippen molar-refractivity contribution in [3.63, 3.8) is 0 Å². The van der Waals surface area contributed by atoms with Crippen molar-refractivity contribution in [2.24, 2.45) is 5.73 Å². The largest absolute Gasteiger partial charge is 0.356 e. The van der Waals surface area contributed by atoms with E-state index in [-0.39, 0.29) is 29.6 Å². The molecule has 6 rings (SSSR count). The van der Waals surface area contributed by atoms with Crippen molar-refractivity contribution in [3.8, 4) is 28.5 Å². The lowest BCUT2D eigenvalue weighted by molar-refractivity contribution is 0.450. The minimum atomic E-state index is -0.678. The normalized spacial score (nSPS) is 14.2. The van der Waals surface area contributed by atoms with Crippen LogP contribution in [0.1, 0.15) is 24.1 Å². The highest BCUT2D eigenvalue weighted by atomic mass is 35.5. The van der Waals surface area contributed by atoms with Crippen LogP contribution in [0.3, 0.4) is 0 Å². The molecule has 3 aromatic heterocycles. The van der Waals surface area contributed by atoms with Gasteiger partial charge in [0, 0.05) is 46.6 Å². The maximum absolute atomic E-state index is 15.6. The molecular weight excluding hydrogens is 500 g/mol. The van der Waals surface area contributed by atoms with E-state index in [0.29, 0.717) is 63.3 Å². The molecule has 8 nitrogen and oxygen atoms in total. The maximum Gasteiger partial charge on any atom is 0.167 e. The van der Waals surface area contributed by atoms with Crippen LogP contribution in [0.4, 0.5) is 14.6 Å². The smallest absolute Gasteiger partial charge is 0.167 e. The van der Waals surface area contributed by atoms with E-state index in [9.17, 15) is 9.65 Å². The van der Waals surface area contributed by atoms with E-state index in [4.69, 9.17) is 15.2 Å². The minimum absolute atomic E-state index is 0. The van der Waals surface area contributed by atoms with Gasteiger partial charge in [0.05, 0.1) is 23.1 Å². The van der Waals surface area contributed by atoms with Crippen LogP contribution in [0.2, 0.25) is 0 Å². The highest BCUT2D eigenvalue weighted by molar-refractivity contribution is 6.06. The number of aromatic amines is 1. The van der Waals surface area contributed by atoms with E-state index < -0.39 is 11.6 Å². The fourth-order valence-electron chi connectivity index (χ4n) is 4.84. The molecule has 4 heterocycles. The number of nitrogens with one attached hydrogen (secondary N) is 1. The summed E-state index contributed by atoms with van der Waals surface area (Å²) in [5.74, 6) is -0.539. The van der Waals surface area contributed by atoms with Crippen LogP contribution in [0.5, 0.6) is 0 Å². The van der Waals surface area contributed by atoms with Crippen molar-refractivity contribution in [1.82, 2.24) is 20.3 Å². The van der Waals surface area contributed by atoms with Crippen molar-refractivity contribution in [2.75, 3.05) is 18.0 Å². The second-order valence-corrected chi connectivity index (χ2v) is 9.04. The number of hydrogen-bond donors (Lipinski definition) is 2. The SMILES string of the molecule is Cc1noc2cc(-c3c(-c4ccc(C#N)c(F)c4)nc(N4CCC(N)CC4)c4[nH]ncc34)c(F)cc12.Cl. The number of hydrogen-bond acceptors (Lipinski definition) is 7. The highest BCUT2D eigenvalue weighted by Crippen LogP contribution is 2.42. The molecule has 0 amide bonds. The summed E-state index contributed by atoms with van der Waals surface area (Å²) in [6, 6.07) is 9.18. The molecule has 0 saturated carbocycles. The molecule has 1 aliphatic heterocycles. The Kier molecular flexibility index (Phi) is 6.27. The van der Waals surface area contributed by atoms with Crippen LogP contribution in [0.15, 0.2) is 41.1 Å². The zero-order chi connectivity index (χ0) is 25.0. The highest BCUT2D eigenvalue weighted by Gasteiger charge is 2.26. The number of nitrogens with two attached hydrogens (primary N) is 1. The maximum atomic E-state index is 15.6. The molecule has 0 spiro atoms. The summed E-state index contributed by atoms with van der Waals surface area (Å²) in [6.45, 7) is 3.13. The molecule has 37 heavy (non-hydrogen) atoms. The second-order valence-electron chi connectivity index (χ2n) is 9.04. The van der Waals surface area contributed by atoms with Gasteiger partial charge in [-0.15, -0.1) is 12.4 Å². The van der Waals surface area contributed by atoms with Crippen LogP contribution in [-0.2, 0) is 0 Å². The first-order valence-electron chi connectivity index (χ1n) is 11.6. The summed E-state index contributed by atoms with van der Waals surface area (Å²) < 4.78 is 35.7. The van der Waals surface area contributed by atoms with Crippen molar-refractivity contribution < 1.29 is 13.3 Å². The van der Waals surface area contributed by atoms with Crippen molar-refractivity contribution >= 4 is 40.1 Å². The third-order valence-corrected chi connectivity index (χ3v) is 6.80. The molecule has 0 atom stereocenters. The first-order valence-corrected chi connectivity index (χ1v) is 11.6. The van der Waals surface area contributed by atoms with Gasteiger partial charge in [-0.1, -0.05) is 11.2 Å². The Labute approximate surface area is 216 Å². The third-order valence-electron chi connectivity index (χ3n) is 6.80. The van der Waals surface area contributed by atoms with Crippen LogP contribution >= 0.6 is 12.4 Å². The van der Waals surface area contributed by atoms with Gasteiger partial charge in [0.2, 0.25) is 0 Å². The summed E-state index contributed by atoms with van der Waals surface area (Å²) in [7, 11) is 0. The van der Waals surface area contributed by atoms with Gasteiger partial charge in [-0.3, -0.25) is 5.10 Å². The third kappa shape index (κ3) is 4.06.